The Hall–Kier alpha value is -4.58. The summed E-state index contributed by atoms with van der Waals surface area (Å²) in [7, 11) is 0. The van der Waals surface area contributed by atoms with Gasteiger partial charge < -0.3 is 21.4 Å². The topological polar surface area (TPSA) is 109 Å². The molecule has 0 bridgehead atoms. The second-order valence-electron chi connectivity index (χ2n) is 9.08. The molecular formula is C29H26N6. The Morgan fingerprint density at radius 1 is 0.486 bits per heavy atom. The molecule has 0 unspecified atom stereocenters. The number of fused-ring (bicyclic) bond motifs is 2. The summed E-state index contributed by atoms with van der Waals surface area (Å²) in [5.74, 6) is 1.91. The van der Waals surface area contributed by atoms with Gasteiger partial charge in [-0.3, -0.25) is 0 Å². The molecule has 0 aliphatic rings. The van der Waals surface area contributed by atoms with E-state index in [2.05, 4.69) is 46.4 Å². The van der Waals surface area contributed by atoms with Gasteiger partial charge >= 0.3 is 0 Å². The van der Waals surface area contributed by atoms with Gasteiger partial charge in [0.05, 0.1) is 22.1 Å². The van der Waals surface area contributed by atoms with Crippen LogP contribution in [0.2, 0.25) is 0 Å². The van der Waals surface area contributed by atoms with E-state index in [-0.39, 0.29) is 0 Å². The quantitative estimate of drug-likeness (QED) is 0.251. The highest BCUT2D eigenvalue weighted by Crippen LogP contribution is 2.21. The van der Waals surface area contributed by atoms with Crippen LogP contribution in [-0.4, -0.2) is 19.9 Å². The lowest BCUT2D eigenvalue weighted by Crippen LogP contribution is -1.91. The summed E-state index contributed by atoms with van der Waals surface area (Å²) in [5.41, 5.74) is 22.1. The van der Waals surface area contributed by atoms with Crippen molar-refractivity contribution in [1.82, 2.24) is 19.9 Å². The van der Waals surface area contributed by atoms with E-state index < -0.39 is 0 Å². The molecule has 35 heavy (non-hydrogen) atoms. The molecule has 4 aromatic carbocycles. The minimum atomic E-state index is 0.749. The first-order valence-electron chi connectivity index (χ1n) is 11.7. The van der Waals surface area contributed by atoms with Crippen molar-refractivity contribution in [2.45, 2.75) is 19.3 Å². The smallest absolute Gasteiger partial charge is 0.111 e. The van der Waals surface area contributed by atoms with Gasteiger partial charge in [-0.25, -0.2) is 9.97 Å². The number of hydrogen-bond donors (Lipinski definition) is 4. The number of H-pyrrole nitrogens is 2. The summed E-state index contributed by atoms with van der Waals surface area (Å²) in [4.78, 5) is 16.5. The number of benzene rings is 4. The Balaban J connectivity index is 1.19. The van der Waals surface area contributed by atoms with Crippen LogP contribution in [0.3, 0.4) is 0 Å². The number of imidazole rings is 2. The van der Waals surface area contributed by atoms with Crippen LogP contribution in [0.4, 0.5) is 11.4 Å². The molecule has 6 rings (SSSR count). The van der Waals surface area contributed by atoms with E-state index in [4.69, 9.17) is 21.4 Å². The molecule has 6 heteroatoms. The fourth-order valence-corrected chi connectivity index (χ4v) is 4.50. The van der Waals surface area contributed by atoms with Crippen molar-refractivity contribution < 1.29 is 0 Å². The maximum Gasteiger partial charge on any atom is 0.111 e. The third-order valence-electron chi connectivity index (χ3n) is 6.30. The number of aromatic nitrogens is 4. The molecule has 0 atom stereocenters. The highest BCUT2D eigenvalue weighted by molar-refractivity contribution is 5.77. The molecule has 0 amide bonds. The Kier molecular flexibility index (Phi) is 5.19. The molecule has 6 N–H and O–H groups in total. The molecule has 0 saturated heterocycles. The van der Waals surface area contributed by atoms with Crippen molar-refractivity contribution in [1.29, 1.82) is 0 Å². The SMILES string of the molecule is Nc1ccc(Cc2nc3ccc(Cc4ccc5nc(Cc6ccc(N)cc6)[nH]c5c4)cc3[nH]2)cc1. The summed E-state index contributed by atoms with van der Waals surface area (Å²) < 4.78 is 0. The van der Waals surface area contributed by atoms with Gasteiger partial charge in [0.15, 0.2) is 0 Å². The van der Waals surface area contributed by atoms with Crippen LogP contribution in [0, 0.1) is 0 Å². The number of nitrogens with zero attached hydrogens (tertiary/aromatic N) is 2. The lowest BCUT2D eigenvalue weighted by molar-refractivity contribution is 1.04. The molecule has 0 aliphatic carbocycles. The molecule has 2 aromatic heterocycles. The number of rotatable bonds is 6. The zero-order valence-corrected chi connectivity index (χ0v) is 19.3. The lowest BCUT2D eigenvalue weighted by atomic mass is 10.0. The van der Waals surface area contributed by atoms with Crippen LogP contribution in [0.25, 0.3) is 22.1 Å². The fourth-order valence-electron chi connectivity index (χ4n) is 4.50. The maximum absolute atomic E-state index is 5.80. The average Bonchev–Trinajstić information content (AvgIpc) is 3.44. The average molecular weight is 459 g/mol. The van der Waals surface area contributed by atoms with E-state index in [9.17, 15) is 0 Å². The van der Waals surface area contributed by atoms with Gasteiger partial charge in [0.2, 0.25) is 0 Å². The number of nitrogens with one attached hydrogen (secondary N) is 2. The number of anilines is 2. The largest absolute Gasteiger partial charge is 0.399 e. The van der Waals surface area contributed by atoms with E-state index in [0.29, 0.717) is 0 Å². The lowest BCUT2D eigenvalue weighted by Gasteiger charge is -2.02. The molecule has 0 spiro atoms. The van der Waals surface area contributed by atoms with Gasteiger partial charge in [-0.05, 0) is 77.2 Å². The van der Waals surface area contributed by atoms with E-state index in [1.807, 2.05) is 48.5 Å². The predicted octanol–water partition coefficient (Wildman–Crippen LogP) is 5.38. The van der Waals surface area contributed by atoms with Crippen molar-refractivity contribution >= 4 is 33.4 Å². The zero-order chi connectivity index (χ0) is 23.8. The summed E-state index contributed by atoms with van der Waals surface area (Å²) in [6.07, 6.45) is 2.34. The van der Waals surface area contributed by atoms with Crippen LogP contribution >= 0.6 is 0 Å². The van der Waals surface area contributed by atoms with E-state index in [0.717, 1.165) is 64.4 Å². The molecule has 0 fully saturated rings. The van der Waals surface area contributed by atoms with Gasteiger partial charge in [-0.1, -0.05) is 36.4 Å². The van der Waals surface area contributed by atoms with Gasteiger partial charge in [0.25, 0.3) is 0 Å². The highest BCUT2D eigenvalue weighted by atomic mass is 14.9. The first-order chi connectivity index (χ1) is 17.1. The predicted molar refractivity (Wildman–Crippen MR) is 142 cm³/mol. The Labute approximate surface area is 203 Å². The molecule has 0 aliphatic heterocycles. The van der Waals surface area contributed by atoms with Crippen LogP contribution in [0.5, 0.6) is 0 Å². The third-order valence-corrected chi connectivity index (χ3v) is 6.30. The molecule has 172 valence electrons. The van der Waals surface area contributed by atoms with Crippen molar-refractivity contribution in [2.75, 3.05) is 11.5 Å². The molecular weight excluding hydrogens is 432 g/mol. The summed E-state index contributed by atoms with van der Waals surface area (Å²) in [5, 5.41) is 0. The van der Waals surface area contributed by atoms with Crippen molar-refractivity contribution in [2.24, 2.45) is 0 Å². The first-order valence-corrected chi connectivity index (χ1v) is 11.7. The summed E-state index contributed by atoms with van der Waals surface area (Å²) in [6.45, 7) is 0. The number of aromatic amines is 2. The van der Waals surface area contributed by atoms with Gasteiger partial charge in [-0.15, -0.1) is 0 Å². The number of nitrogen functional groups attached to an aromatic ring is 2. The van der Waals surface area contributed by atoms with Gasteiger partial charge in [0, 0.05) is 24.2 Å². The van der Waals surface area contributed by atoms with E-state index in [1.165, 1.54) is 22.3 Å². The second-order valence-corrected chi connectivity index (χ2v) is 9.08. The van der Waals surface area contributed by atoms with Crippen LogP contribution in [0.15, 0.2) is 84.9 Å². The Bertz CT molecular complexity index is 1500. The normalized spacial score (nSPS) is 11.4. The third kappa shape index (κ3) is 4.59. The van der Waals surface area contributed by atoms with Crippen LogP contribution < -0.4 is 11.5 Å². The fraction of sp³-hybridized carbons (Fsp3) is 0.103. The minimum absolute atomic E-state index is 0.749. The summed E-state index contributed by atoms with van der Waals surface area (Å²) in [6, 6.07) is 28.7. The molecule has 2 heterocycles. The Morgan fingerprint density at radius 2 is 0.886 bits per heavy atom. The monoisotopic (exact) mass is 458 g/mol. The van der Waals surface area contributed by atoms with Gasteiger partial charge in [0.1, 0.15) is 11.6 Å². The molecule has 0 saturated carbocycles. The standard InChI is InChI=1S/C29H26N6/c30-22-7-1-18(2-8-22)16-28-32-24-11-5-20(14-26(24)34-28)13-21-6-12-25-27(15-21)35-29(33-25)17-19-3-9-23(31)10-4-19/h1-12,14-15H,13,16-17,30-31H2,(H,32,34)(H,33,35). The van der Waals surface area contributed by atoms with Crippen molar-refractivity contribution in [3.05, 3.63) is 119 Å². The maximum atomic E-state index is 5.80. The van der Waals surface area contributed by atoms with Crippen LogP contribution in [-0.2, 0) is 19.3 Å². The minimum Gasteiger partial charge on any atom is -0.399 e. The van der Waals surface area contributed by atoms with E-state index in [1.54, 1.807) is 0 Å². The van der Waals surface area contributed by atoms with Crippen molar-refractivity contribution in [3.63, 3.8) is 0 Å². The molecule has 6 nitrogen and oxygen atoms in total. The van der Waals surface area contributed by atoms with Crippen LogP contribution in [0.1, 0.15) is 33.9 Å². The van der Waals surface area contributed by atoms with E-state index >= 15 is 0 Å². The molecule has 0 radical (unpaired) electrons. The Morgan fingerprint density at radius 3 is 1.31 bits per heavy atom. The van der Waals surface area contributed by atoms with Crippen molar-refractivity contribution in [3.8, 4) is 0 Å². The second kappa shape index (κ2) is 8.65. The number of nitrogens with two attached hydrogens (primary N) is 2. The summed E-state index contributed by atoms with van der Waals surface area (Å²) >= 11 is 0. The molecule has 6 aromatic rings. The van der Waals surface area contributed by atoms with Gasteiger partial charge in [-0.2, -0.15) is 0 Å². The number of hydrogen-bond acceptors (Lipinski definition) is 4. The first kappa shape index (κ1) is 21.0. The highest BCUT2D eigenvalue weighted by Gasteiger charge is 2.08. The zero-order valence-electron chi connectivity index (χ0n) is 19.3.